The normalized spacial score (nSPS) is 44.9. The standard InChI is InChI=1S/C13H20O3.C12H18O4.C12H18O3.C11H16O4.C11H14O4.2C11H16O3.C11H14O3.C9H14N2O2S.5CO2.CH2O/c1-3-5-11-6-7-12-13(9-14,16-11)8-10(4-2)15-12;1-2-9-7-12(8-14)11(15-9)4-3-10(16-12)5-6-13;1-2-7-3-4-10-12(15-7)5-8(13-10)11-9(6-12)14-11;2*1-5-2-3-7-11(15-5)4-6(13-7)8(12)9-10(11)14-9;1-6-2-3-9-11(14-6)4-7(12-9)10-8(5-11)13-10;1-7-2-3-10-11(14-7)5-4-8(12)9(6-11)13-10;1-3-9-6-11(7-12)10(13-9)5-4-8(2)14-11;1-6-4-7(2)9(8(3)5-6)14(12,13)11-10;5*2-1-3;1-2/h2,10-12,14H,3,5-9H2,1H3;1,9-11,13-14H,3-8H2;7-11H,2-6H2,1H3;5-10,12H,2-4H2,1H3;5-7,9-10H,2-4H2,1H3;6-10H,2-5H2,1H3;4-5,7-10,12H,2-3,6H2,1H3;1,7-10H,4-6H2,2H3;4-5,11H,10H2,1-3H3;;;;;;1H2/t10-,11-,12-,13+;9-,10+,11-,12+;7-,8+,9+,10-,11-,12+;5-,6+,7-,8-,9-,10-,11-;5-,6+,7-,9-,10-,11-;6-,7+,8+,9-,10-,11+;7-,8+,9+,10-,11-;8-,9-,10-,11+;;;;;;;/m00000000......./s1. The molecule has 24 fully saturated rings. The van der Waals surface area contributed by atoms with Crippen LogP contribution in [0.1, 0.15) is 258 Å². The number of nitrogens with two attached hydrogens (primary N) is 1. The molecule has 10 bridgehead atoms. The van der Waals surface area contributed by atoms with Gasteiger partial charge in [0.15, 0.2) is 17.7 Å². The third-order valence-corrected chi connectivity index (χ3v) is 34.8. The Morgan fingerprint density at radius 2 is 0.860 bits per heavy atom. The fourth-order valence-electron chi connectivity index (χ4n) is 26.7. The highest BCUT2D eigenvalue weighted by atomic mass is 32.2. The van der Waals surface area contributed by atoms with Crippen LogP contribution in [-0.2, 0) is 167 Å². The summed E-state index contributed by atoms with van der Waals surface area (Å²) < 4.78 is 140. The largest absolute Gasteiger partial charge is 0.396 e. The first-order chi connectivity index (χ1) is 71.8. The monoisotopic (exact) mass is 2130 g/mol. The first kappa shape index (κ1) is 121. The average molecular weight is 2130 g/mol. The van der Waals surface area contributed by atoms with E-state index >= 15 is 0 Å². The quantitative estimate of drug-likeness (QED) is 0.0417. The summed E-state index contributed by atoms with van der Waals surface area (Å²) in [7, 11) is -3.55. The molecule has 5 spiro atoms. The van der Waals surface area contributed by atoms with E-state index < -0.39 is 39.0 Å². The summed E-state index contributed by atoms with van der Waals surface area (Å²) in [6.07, 6.45) is 53.7. The lowest BCUT2D eigenvalue weighted by atomic mass is 9.78. The van der Waals surface area contributed by atoms with E-state index in [1.165, 1.54) is 19.3 Å². The van der Waals surface area contributed by atoms with Crippen LogP contribution in [0.15, 0.2) is 29.2 Å². The number of hydrogen-bond donors (Lipinski definition) is 7. The minimum Gasteiger partial charge on any atom is -0.396 e. The zero-order valence-electron chi connectivity index (χ0n) is 86.8. The zero-order valence-corrected chi connectivity index (χ0v) is 87.6. The van der Waals surface area contributed by atoms with Gasteiger partial charge in [0.2, 0.25) is 0 Å². The van der Waals surface area contributed by atoms with Crippen molar-refractivity contribution in [2.45, 2.75) is 519 Å². The summed E-state index contributed by atoms with van der Waals surface area (Å²) in [6, 6.07) is 3.63. The molecule has 1 aromatic carbocycles. The molecule has 150 heavy (non-hydrogen) atoms. The maximum atomic E-state index is 11.7. The maximum Gasteiger partial charge on any atom is 0.373 e. The summed E-state index contributed by atoms with van der Waals surface area (Å²) in [5, 5.41) is 47.5. The van der Waals surface area contributed by atoms with E-state index in [1.54, 1.807) is 13.8 Å². The topological polar surface area (TPSA) is 593 Å². The Morgan fingerprint density at radius 3 is 1.35 bits per heavy atom. The Balaban J connectivity index is 0.000000147. The number of Topliss-reactive ketones (excluding diaryl/α,β-unsaturated/α-hetero) is 1. The number of aliphatic hydroxyl groups is 5. The van der Waals surface area contributed by atoms with Crippen molar-refractivity contribution >= 4 is 59.6 Å². The molecule has 0 unspecified atom stereocenters. The summed E-state index contributed by atoms with van der Waals surface area (Å²) >= 11 is 0. The lowest BCUT2D eigenvalue weighted by molar-refractivity contribution is -0.193. The number of carbonyl (C=O) groups is 3. The molecule has 0 aromatic heterocycles. The molecular weight excluding hydrogens is 1990 g/mol. The zero-order chi connectivity index (χ0) is 109. The van der Waals surface area contributed by atoms with E-state index in [0.717, 1.165) is 153 Å². The van der Waals surface area contributed by atoms with Crippen molar-refractivity contribution in [3.63, 3.8) is 0 Å². The first-order valence-corrected chi connectivity index (χ1v) is 53.9. The molecule has 20 aliphatic heterocycles. The number of rotatable bonds is 10. The highest BCUT2D eigenvalue weighted by Crippen LogP contribution is 2.61. The Kier molecular flexibility index (Phi) is 42.4. The molecule has 42 nitrogen and oxygen atoms in total. The van der Waals surface area contributed by atoms with Crippen molar-refractivity contribution in [1.82, 2.24) is 4.83 Å². The third kappa shape index (κ3) is 26.6. The SMILES string of the molecule is C#C[C@H]1C[C@]2(C=O)O[C@@H](C)CC[C@@H]2O1.C#C[C@H]1C[C@]2(CO)O[C@@H](CCC)CC[C@@H]2O1.C#C[C@H]1C[C@]2(CO)O[C@@H](CCO)CC[C@@H]2O1.C=O.CC[C@H]1CC[C@@H]2O[C@@H]3C[C@]2(C[C@H]2O[C@H]23)O1.C[C@H]1CC[C@@H]2O[C@@H]3C[C@@]2(O1)[C@H]1O[C@H]1C3=O.C[C@H]1CC[C@@H]2O[C@@H]3C[C@@]2(O1)[C@H]1O[C@H]1[C@H]3O.C[C@H]1CC[C@@H]2O[C@@H]3C[C@]2(C=C[C@H]3O)O1.C[C@H]1CC[C@@H]2O[C@@H]3C[C@]2(C[C@H]2O[C@H]23)O1.Cc1cc(C)c(S(=O)(=O)NN)c(C)c1.O=C=O.O=C=O.O=C=O.O=C=O.O=C=O. The Bertz CT molecular complexity index is 4980. The lowest BCUT2D eigenvalue weighted by Gasteiger charge is -2.42. The van der Waals surface area contributed by atoms with Crippen molar-refractivity contribution in [2.75, 3.05) is 19.8 Å². The number of carbonyl (C=O) groups excluding carboxylic acids is 13. The molecule has 0 radical (unpaired) electrons. The maximum absolute atomic E-state index is 11.7. The van der Waals surface area contributed by atoms with E-state index in [1.807, 2.05) is 49.8 Å². The van der Waals surface area contributed by atoms with Crippen molar-refractivity contribution in [3.8, 4) is 37.0 Å². The van der Waals surface area contributed by atoms with Crippen LogP contribution < -0.4 is 10.7 Å². The van der Waals surface area contributed by atoms with Crippen molar-refractivity contribution < 1.29 is 191 Å². The predicted molar refractivity (Wildman–Crippen MR) is 510 cm³/mol. The Labute approximate surface area is 873 Å². The van der Waals surface area contributed by atoms with Gasteiger partial charge >= 0.3 is 30.8 Å². The molecular formula is C107H148N2O40S. The number of aryl methyl sites for hydroxylation is 3. The van der Waals surface area contributed by atoms with Gasteiger partial charge in [-0.2, -0.15) is 52.8 Å². The number of hydrogen-bond acceptors (Lipinski definition) is 41. The second-order valence-corrected chi connectivity index (χ2v) is 44.8. The van der Waals surface area contributed by atoms with Crippen LogP contribution in [0.25, 0.3) is 0 Å². The van der Waals surface area contributed by atoms with Crippen molar-refractivity contribution in [1.29, 1.82) is 0 Å². The number of aliphatic hydroxyl groups excluding tert-OH is 5. The smallest absolute Gasteiger partial charge is 0.373 e. The molecule has 5 aliphatic carbocycles. The van der Waals surface area contributed by atoms with Gasteiger partial charge in [-0.25, -0.2) is 8.42 Å². The van der Waals surface area contributed by atoms with Crippen LogP contribution in [0.3, 0.4) is 0 Å². The molecule has 43 heteroatoms. The summed E-state index contributed by atoms with van der Waals surface area (Å²) in [6.45, 7) is 22.3. The fraction of sp³-hybridized carbons (Fsp3) is 0.794. The summed E-state index contributed by atoms with van der Waals surface area (Å²) in [5.74, 6) is 12.8. The number of benzene rings is 1. The van der Waals surface area contributed by atoms with Crippen molar-refractivity contribution in [2.24, 2.45) is 5.84 Å². The number of sulfonamides is 1. The van der Waals surface area contributed by atoms with Crippen LogP contribution in [0, 0.1) is 57.8 Å². The highest BCUT2D eigenvalue weighted by molar-refractivity contribution is 7.89. The van der Waals surface area contributed by atoms with Gasteiger partial charge in [-0.1, -0.05) is 67.9 Å². The van der Waals surface area contributed by atoms with Crippen LogP contribution in [-0.4, -0.2) is 356 Å². The highest BCUT2D eigenvalue weighted by Gasteiger charge is 2.76. The predicted octanol–water partition coefficient (Wildman–Crippen LogP) is 4.70. The molecule has 20 saturated heterocycles. The van der Waals surface area contributed by atoms with Crippen LogP contribution >= 0.6 is 0 Å². The van der Waals surface area contributed by atoms with Gasteiger partial charge in [-0.15, -0.1) is 19.3 Å². The van der Waals surface area contributed by atoms with E-state index in [9.17, 15) is 38.4 Å². The van der Waals surface area contributed by atoms with Gasteiger partial charge in [0, 0.05) is 70.8 Å². The van der Waals surface area contributed by atoms with Gasteiger partial charge in [0.25, 0.3) is 10.0 Å². The molecule has 0 amide bonds. The minimum absolute atomic E-state index is 0.00789. The fourth-order valence-corrected chi connectivity index (χ4v) is 27.8. The minimum atomic E-state index is -3.55. The van der Waals surface area contributed by atoms with Gasteiger partial charge < -0.3 is 130 Å². The first-order valence-electron chi connectivity index (χ1n) is 52.4. The lowest BCUT2D eigenvalue weighted by Crippen LogP contribution is -2.54. The number of hydrazine groups is 1. The number of fused-ring (bicyclic) bond motifs is 14. The van der Waals surface area contributed by atoms with Gasteiger partial charge in [0.1, 0.15) is 102 Å². The van der Waals surface area contributed by atoms with E-state index in [4.69, 9.17) is 178 Å². The van der Waals surface area contributed by atoms with Gasteiger partial charge in [0.05, 0.1) is 170 Å². The van der Waals surface area contributed by atoms with Gasteiger partial charge in [-0.3, -0.25) is 10.6 Å². The van der Waals surface area contributed by atoms with Gasteiger partial charge in [-0.05, 0) is 189 Å². The van der Waals surface area contributed by atoms with Crippen LogP contribution in [0.5, 0.6) is 0 Å². The average Bonchev–Trinajstić information content (AvgIpc) is 1.53. The van der Waals surface area contributed by atoms with E-state index in [-0.39, 0.29) is 211 Å². The molecule has 42 atom stereocenters. The second kappa shape index (κ2) is 52.5. The molecule has 25 aliphatic rings. The van der Waals surface area contributed by atoms with Crippen LogP contribution in [0.2, 0.25) is 0 Å². The molecule has 1 aromatic rings. The second-order valence-electron chi connectivity index (χ2n) is 43.1. The summed E-state index contributed by atoms with van der Waals surface area (Å²) in [5.41, 5.74) is -0.175. The van der Waals surface area contributed by atoms with Crippen molar-refractivity contribution in [3.05, 3.63) is 41.0 Å². The number of terminal acetylenes is 3. The molecule has 20 heterocycles. The molecule has 832 valence electrons. The summed E-state index contributed by atoms with van der Waals surface area (Å²) in [4.78, 5) is 114. The Hall–Kier alpha value is -7.58. The number of aldehydes is 1. The number of ketones is 1. The Morgan fingerprint density at radius 1 is 0.440 bits per heavy atom. The van der Waals surface area contributed by atoms with E-state index in [0.29, 0.717) is 116 Å². The van der Waals surface area contributed by atoms with Crippen LogP contribution in [0.4, 0.5) is 0 Å². The molecule has 4 saturated carbocycles. The molecule has 26 rings (SSSR count). The number of epoxide rings is 4. The molecule has 8 N–H and O–H groups in total. The number of nitrogens with one attached hydrogen (secondary N) is 1. The van der Waals surface area contributed by atoms with E-state index in [2.05, 4.69) is 59.3 Å². The third-order valence-electron chi connectivity index (χ3n) is 33.3. The number of ether oxygens (including phenoxy) is 20.